The van der Waals surface area contributed by atoms with Gasteiger partial charge in [-0.3, -0.25) is 9.69 Å². The molecule has 3 aliphatic rings. The number of nitrogens with zero attached hydrogens (tertiary/aromatic N) is 1. The minimum absolute atomic E-state index is 0.00597. The highest BCUT2D eigenvalue weighted by Gasteiger charge is 2.56. The second kappa shape index (κ2) is 5.54. The van der Waals surface area contributed by atoms with Crippen LogP contribution in [0.5, 0.6) is 0 Å². The molecule has 3 fully saturated rings. The molecule has 2 aliphatic heterocycles. The van der Waals surface area contributed by atoms with E-state index >= 15 is 0 Å². The molecule has 1 N–H and O–H groups in total. The van der Waals surface area contributed by atoms with Crippen molar-refractivity contribution in [1.82, 2.24) is 10.2 Å². The van der Waals surface area contributed by atoms with Crippen LogP contribution in [0.1, 0.15) is 28.9 Å². The first-order chi connectivity index (χ1) is 10.2. The fraction of sp³-hybridized carbons (Fsp3) is 0.667. The lowest BCUT2D eigenvalue weighted by Gasteiger charge is -2.51. The lowest BCUT2D eigenvalue weighted by molar-refractivity contribution is -0.0747. The number of fused-ring (bicyclic) bond motifs is 1. The molecule has 0 bridgehead atoms. The summed E-state index contributed by atoms with van der Waals surface area (Å²) in [5, 5.41) is 3.24. The van der Waals surface area contributed by atoms with Crippen molar-refractivity contribution in [2.24, 2.45) is 5.92 Å². The van der Waals surface area contributed by atoms with Crippen LogP contribution in [0, 0.1) is 5.92 Å². The van der Waals surface area contributed by atoms with E-state index in [1.807, 2.05) is 0 Å². The lowest BCUT2D eigenvalue weighted by atomic mass is 9.70. The molecule has 1 aromatic heterocycles. The molecule has 1 saturated carbocycles. The van der Waals surface area contributed by atoms with E-state index in [0.717, 1.165) is 26.1 Å². The van der Waals surface area contributed by atoms with E-state index in [2.05, 4.69) is 10.2 Å². The van der Waals surface area contributed by atoms with Crippen LogP contribution in [-0.4, -0.2) is 48.7 Å². The van der Waals surface area contributed by atoms with Crippen LogP contribution in [0.15, 0.2) is 12.1 Å². The minimum atomic E-state index is 0.00597. The van der Waals surface area contributed by atoms with Gasteiger partial charge >= 0.3 is 0 Å². The van der Waals surface area contributed by atoms with Crippen LogP contribution in [0.4, 0.5) is 0 Å². The van der Waals surface area contributed by atoms with Crippen molar-refractivity contribution < 1.29 is 9.53 Å². The number of ether oxygens (including phenoxy) is 1. The van der Waals surface area contributed by atoms with Crippen molar-refractivity contribution in [3.8, 4) is 0 Å². The van der Waals surface area contributed by atoms with Crippen LogP contribution in [0.2, 0.25) is 4.34 Å². The van der Waals surface area contributed by atoms with Crippen molar-refractivity contribution in [2.45, 2.75) is 37.5 Å². The standard InChI is InChI=1S/C15H19ClN2O2S/c16-11-4-3-10(21-11)15(19)17-12-9-5-8-20-14(9)13(12)18-6-1-2-7-18/h3-4,9,12-14H,1-2,5-8H2,(H,17,19)/t9-,12+,13-,14-/m0/s1. The number of carbonyl (C=O) groups is 1. The van der Waals surface area contributed by atoms with Crippen LogP contribution < -0.4 is 5.32 Å². The Morgan fingerprint density at radius 1 is 1.38 bits per heavy atom. The van der Waals surface area contributed by atoms with Gasteiger partial charge in [0.15, 0.2) is 0 Å². The molecule has 6 heteroatoms. The average molecular weight is 327 g/mol. The van der Waals surface area contributed by atoms with Crippen molar-refractivity contribution in [1.29, 1.82) is 0 Å². The third-order valence-corrected chi connectivity index (χ3v) is 6.24. The number of rotatable bonds is 3. The Hall–Kier alpha value is -0.620. The highest BCUT2D eigenvalue weighted by atomic mass is 35.5. The molecular formula is C15H19ClN2O2S. The number of amides is 1. The Balaban J connectivity index is 1.48. The minimum Gasteiger partial charge on any atom is -0.376 e. The van der Waals surface area contributed by atoms with Crippen LogP contribution in [0.3, 0.4) is 0 Å². The molecular weight excluding hydrogens is 308 g/mol. The summed E-state index contributed by atoms with van der Waals surface area (Å²) in [6.45, 7) is 3.10. The van der Waals surface area contributed by atoms with Crippen molar-refractivity contribution in [3.63, 3.8) is 0 Å². The first-order valence-electron chi connectivity index (χ1n) is 7.66. The highest BCUT2D eigenvalue weighted by molar-refractivity contribution is 7.18. The number of carbonyl (C=O) groups excluding carboxylic acids is 1. The molecule has 2 saturated heterocycles. The van der Waals surface area contributed by atoms with Gasteiger partial charge in [-0.05, 0) is 44.5 Å². The normalized spacial score (nSPS) is 35.5. The average Bonchev–Trinajstić information content (AvgIpc) is 3.17. The van der Waals surface area contributed by atoms with Crippen molar-refractivity contribution in [2.75, 3.05) is 19.7 Å². The SMILES string of the molecule is O=C(N[C@@H]1[C@@H]2CCO[C@@H]2[C@H]1N1CCCC1)c1ccc(Cl)s1. The van der Waals surface area contributed by atoms with Gasteiger partial charge in [0.05, 0.1) is 27.4 Å². The second-order valence-corrected chi connectivity index (χ2v) is 7.84. The van der Waals surface area contributed by atoms with Gasteiger partial charge in [-0.15, -0.1) is 11.3 Å². The Bertz CT molecular complexity index is 539. The monoisotopic (exact) mass is 326 g/mol. The molecule has 4 rings (SSSR count). The van der Waals surface area contributed by atoms with Crippen molar-refractivity contribution in [3.05, 3.63) is 21.3 Å². The summed E-state index contributed by atoms with van der Waals surface area (Å²) in [7, 11) is 0. The summed E-state index contributed by atoms with van der Waals surface area (Å²) in [5.74, 6) is 0.487. The summed E-state index contributed by atoms with van der Waals surface area (Å²) in [5.41, 5.74) is 0. The molecule has 3 heterocycles. The number of hydrogen-bond donors (Lipinski definition) is 1. The summed E-state index contributed by atoms with van der Waals surface area (Å²) in [6, 6.07) is 4.17. The van der Waals surface area contributed by atoms with E-state index < -0.39 is 0 Å². The van der Waals surface area contributed by atoms with Gasteiger partial charge in [0.1, 0.15) is 0 Å². The highest BCUT2D eigenvalue weighted by Crippen LogP contribution is 2.43. The largest absolute Gasteiger partial charge is 0.376 e. The first kappa shape index (κ1) is 14.0. The van der Waals surface area contributed by atoms with Crippen LogP contribution in [-0.2, 0) is 4.74 Å². The fourth-order valence-corrected chi connectivity index (χ4v) is 4.95. The third kappa shape index (κ3) is 2.40. The fourth-order valence-electron chi connectivity index (χ4n) is 4.00. The molecule has 4 atom stereocenters. The summed E-state index contributed by atoms with van der Waals surface area (Å²) >= 11 is 7.26. The predicted molar refractivity (Wildman–Crippen MR) is 83.0 cm³/mol. The molecule has 114 valence electrons. The molecule has 0 spiro atoms. The smallest absolute Gasteiger partial charge is 0.261 e. The topological polar surface area (TPSA) is 41.6 Å². The van der Waals surface area contributed by atoms with E-state index in [1.165, 1.54) is 24.2 Å². The molecule has 1 amide bonds. The van der Waals surface area contributed by atoms with Gasteiger partial charge in [0, 0.05) is 12.5 Å². The molecule has 1 aromatic rings. The Kier molecular flexibility index (Phi) is 3.69. The number of nitrogens with one attached hydrogen (secondary N) is 1. The van der Waals surface area contributed by atoms with E-state index in [0.29, 0.717) is 27.3 Å². The zero-order valence-corrected chi connectivity index (χ0v) is 13.3. The van der Waals surface area contributed by atoms with Gasteiger partial charge in [0.25, 0.3) is 5.91 Å². The van der Waals surface area contributed by atoms with Gasteiger partial charge in [0.2, 0.25) is 0 Å². The summed E-state index contributed by atoms with van der Waals surface area (Å²) < 4.78 is 6.55. The number of likely N-dealkylation sites (tertiary alicyclic amines) is 1. The summed E-state index contributed by atoms with van der Waals surface area (Å²) in [4.78, 5) is 15.6. The van der Waals surface area contributed by atoms with E-state index in [4.69, 9.17) is 16.3 Å². The zero-order valence-electron chi connectivity index (χ0n) is 11.8. The predicted octanol–water partition coefficient (Wildman–Crippen LogP) is 2.38. The van der Waals surface area contributed by atoms with Gasteiger partial charge in [-0.2, -0.15) is 0 Å². The van der Waals surface area contributed by atoms with Crippen molar-refractivity contribution >= 4 is 28.8 Å². The zero-order chi connectivity index (χ0) is 14.4. The number of hydrogen-bond acceptors (Lipinski definition) is 4. The van der Waals surface area contributed by atoms with Crippen LogP contribution in [0.25, 0.3) is 0 Å². The van der Waals surface area contributed by atoms with Gasteiger partial charge in [-0.1, -0.05) is 11.6 Å². The van der Waals surface area contributed by atoms with Crippen LogP contribution >= 0.6 is 22.9 Å². The molecule has 21 heavy (non-hydrogen) atoms. The quantitative estimate of drug-likeness (QED) is 0.927. The molecule has 4 nitrogen and oxygen atoms in total. The molecule has 0 aromatic carbocycles. The molecule has 1 aliphatic carbocycles. The lowest BCUT2D eigenvalue weighted by Crippen LogP contribution is -2.70. The maximum Gasteiger partial charge on any atom is 0.261 e. The Morgan fingerprint density at radius 2 is 2.19 bits per heavy atom. The van der Waals surface area contributed by atoms with Gasteiger partial charge in [-0.25, -0.2) is 0 Å². The maximum absolute atomic E-state index is 12.4. The summed E-state index contributed by atoms with van der Waals surface area (Å²) in [6.07, 6.45) is 3.90. The number of thiophene rings is 1. The maximum atomic E-state index is 12.4. The molecule has 0 unspecified atom stereocenters. The number of halogens is 1. The third-order valence-electron chi connectivity index (χ3n) is 5.01. The first-order valence-corrected chi connectivity index (χ1v) is 8.85. The molecule has 0 radical (unpaired) electrons. The van der Waals surface area contributed by atoms with E-state index in [1.54, 1.807) is 12.1 Å². The second-order valence-electron chi connectivity index (χ2n) is 6.12. The Morgan fingerprint density at radius 3 is 2.90 bits per heavy atom. The van der Waals surface area contributed by atoms with E-state index in [9.17, 15) is 4.79 Å². The van der Waals surface area contributed by atoms with Gasteiger partial charge < -0.3 is 10.1 Å². The van der Waals surface area contributed by atoms with E-state index in [-0.39, 0.29) is 11.9 Å². The Labute approximate surface area is 133 Å².